The van der Waals surface area contributed by atoms with Crippen LogP contribution in [0.15, 0.2) is 30.3 Å². The van der Waals surface area contributed by atoms with Crippen LogP contribution in [-0.4, -0.2) is 43.3 Å². The molecule has 108 valence electrons. The van der Waals surface area contributed by atoms with Crippen molar-refractivity contribution in [1.29, 1.82) is 0 Å². The summed E-state index contributed by atoms with van der Waals surface area (Å²) >= 11 is 11.3. The highest BCUT2D eigenvalue weighted by molar-refractivity contribution is 7.89. The zero-order valence-electron chi connectivity index (χ0n) is 10.9. The molecule has 1 aromatic rings. The van der Waals surface area contributed by atoms with Gasteiger partial charge in [-0.25, -0.2) is 8.42 Å². The van der Waals surface area contributed by atoms with Gasteiger partial charge in [0.1, 0.15) is 0 Å². The Labute approximate surface area is 125 Å². The topological polar surface area (TPSA) is 37.4 Å². The van der Waals surface area contributed by atoms with Crippen LogP contribution in [0.5, 0.6) is 0 Å². The summed E-state index contributed by atoms with van der Waals surface area (Å²) in [6.45, 7) is 2.52. The molecule has 0 aliphatic heterocycles. The van der Waals surface area contributed by atoms with Crippen molar-refractivity contribution in [1.82, 2.24) is 4.31 Å². The maximum Gasteiger partial charge on any atom is 0.214 e. The molecule has 1 unspecified atom stereocenters. The minimum Gasteiger partial charge on any atom is -0.212 e. The highest BCUT2D eigenvalue weighted by Crippen LogP contribution is 2.18. The second kappa shape index (κ2) is 8.10. The van der Waals surface area contributed by atoms with Gasteiger partial charge < -0.3 is 0 Å². The summed E-state index contributed by atoms with van der Waals surface area (Å²) < 4.78 is 26.0. The summed E-state index contributed by atoms with van der Waals surface area (Å²) in [5, 5.41) is 0. The van der Waals surface area contributed by atoms with Crippen molar-refractivity contribution in [2.45, 2.75) is 12.8 Å². The summed E-state index contributed by atoms with van der Waals surface area (Å²) in [5.74, 6) is 0.565. The summed E-state index contributed by atoms with van der Waals surface area (Å²) in [6.07, 6.45) is 0. The van der Waals surface area contributed by atoms with Crippen molar-refractivity contribution in [2.75, 3.05) is 30.6 Å². The first-order valence-corrected chi connectivity index (χ1v) is 8.83. The van der Waals surface area contributed by atoms with Gasteiger partial charge in [-0.3, -0.25) is 0 Å². The van der Waals surface area contributed by atoms with Crippen LogP contribution < -0.4 is 0 Å². The van der Waals surface area contributed by atoms with E-state index in [1.807, 2.05) is 37.3 Å². The summed E-state index contributed by atoms with van der Waals surface area (Å²) in [4.78, 5) is 0. The number of sulfonamides is 1. The van der Waals surface area contributed by atoms with E-state index in [-0.39, 0.29) is 23.4 Å². The normalized spacial score (nSPS) is 13.7. The fraction of sp³-hybridized carbons (Fsp3) is 0.538. The highest BCUT2D eigenvalue weighted by atomic mass is 35.5. The molecule has 1 aromatic carbocycles. The van der Waals surface area contributed by atoms with Crippen molar-refractivity contribution < 1.29 is 8.42 Å². The van der Waals surface area contributed by atoms with Gasteiger partial charge >= 0.3 is 0 Å². The van der Waals surface area contributed by atoms with Crippen LogP contribution in [0.2, 0.25) is 0 Å². The molecule has 0 aliphatic rings. The molecule has 6 heteroatoms. The van der Waals surface area contributed by atoms with Crippen LogP contribution in [0.4, 0.5) is 0 Å². The Morgan fingerprint density at radius 1 is 1.11 bits per heavy atom. The van der Waals surface area contributed by atoms with Crippen molar-refractivity contribution in [3.8, 4) is 0 Å². The van der Waals surface area contributed by atoms with E-state index < -0.39 is 10.0 Å². The Hall–Kier alpha value is -0.290. The van der Waals surface area contributed by atoms with Gasteiger partial charge in [-0.2, -0.15) is 4.31 Å². The number of nitrogens with zero attached hydrogens (tertiary/aromatic N) is 1. The molecule has 0 spiro atoms. The number of rotatable bonds is 8. The molecule has 0 amide bonds. The maximum absolute atomic E-state index is 12.3. The van der Waals surface area contributed by atoms with Crippen molar-refractivity contribution >= 4 is 33.2 Å². The Morgan fingerprint density at radius 3 is 2.11 bits per heavy atom. The van der Waals surface area contributed by atoms with E-state index in [0.717, 1.165) is 5.56 Å². The van der Waals surface area contributed by atoms with E-state index in [9.17, 15) is 8.42 Å². The van der Waals surface area contributed by atoms with Crippen LogP contribution in [0, 0.1) is 0 Å². The standard InChI is InChI=1S/C13H19Cl2NO2S/c1-12(13-5-3-2-4-6-13)11-19(17,18)16(9-7-14)10-8-15/h2-6,12H,7-11H2,1H3. The lowest BCUT2D eigenvalue weighted by Crippen LogP contribution is -2.37. The van der Waals surface area contributed by atoms with Crippen LogP contribution in [0.25, 0.3) is 0 Å². The zero-order chi connectivity index (χ0) is 14.3. The molecule has 0 N–H and O–H groups in total. The lowest BCUT2D eigenvalue weighted by atomic mass is 10.0. The first kappa shape index (κ1) is 16.8. The Morgan fingerprint density at radius 2 is 1.63 bits per heavy atom. The minimum atomic E-state index is -3.33. The van der Waals surface area contributed by atoms with E-state index in [0.29, 0.717) is 13.1 Å². The second-order valence-electron chi connectivity index (χ2n) is 4.37. The molecule has 0 saturated carbocycles. The Kier molecular flexibility index (Phi) is 7.15. The van der Waals surface area contributed by atoms with Gasteiger partial charge in [0, 0.05) is 24.8 Å². The van der Waals surface area contributed by atoms with E-state index in [2.05, 4.69) is 0 Å². The third-order valence-corrected chi connectivity index (χ3v) is 5.30. The van der Waals surface area contributed by atoms with E-state index in [1.165, 1.54) is 4.31 Å². The highest BCUT2D eigenvalue weighted by Gasteiger charge is 2.24. The average Bonchev–Trinajstić information content (AvgIpc) is 2.39. The number of alkyl halides is 2. The molecule has 0 fully saturated rings. The lowest BCUT2D eigenvalue weighted by molar-refractivity contribution is 0.446. The number of benzene rings is 1. The fourth-order valence-electron chi connectivity index (χ4n) is 1.88. The first-order valence-electron chi connectivity index (χ1n) is 6.16. The fourth-order valence-corrected chi connectivity index (χ4v) is 4.26. The van der Waals surface area contributed by atoms with Crippen molar-refractivity contribution in [2.24, 2.45) is 0 Å². The van der Waals surface area contributed by atoms with Gasteiger partial charge in [0.05, 0.1) is 5.75 Å². The molecule has 3 nitrogen and oxygen atoms in total. The third kappa shape index (κ3) is 5.30. The van der Waals surface area contributed by atoms with E-state index >= 15 is 0 Å². The van der Waals surface area contributed by atoms with Crippen molar-refractivity contribution in [3.63, 3.8) is 0 Å². The molecule has 1 rings (SSSR count). The molecule has 1 atom stereocenters. The number of hydrogen-bond acceptors (Lipinski definition) is 2. The van der Waals surface area contributed by atoms with Gasteiger partial charge in [0.25, 0.3) is 0 Å². The van der Waals surface area contributed by atoms with Crippen molar-refractivity contribution in [3.05, 3.63) is 35.9 Å². The third-order valence-electron chi connectivity index (χ3n) is 2.89. The molecular weight excluding hydrogens is 305 g/mol. The minimum absolute atomic E-state index is 0.0562. The largest absolute Gasteiger partial charge is 0.214 e. The zero-order valence-corrected chi connectivity index (χ0v) is 13.3. The molecule has 0 saturated heterocycles. The van der Waals surface area contributed by atoms with Crippen LogP contribution >= 0.6 is 23.2 Å². The molecule has 0 bridgehead atoms. The SMILES string of the molecule is CC(CS(=O)(=O)N(CCCl)CCCl)c1ccccc1. The van der Waals surface area contributed by atoms with Crippen LogP contribution in [0.1, 0.15) is 18.4 Å². The van der Waals surface area contributed by atoms with E-state index in [1.54, 1.807) is 0 Å². The van der Waals surface area contributed by atoms with Gasteiger partial charge in [-0.05, 0) is 11.5 Å². The summed E-state index contributed by atoms with van der Waals surface area (Å²) in [7, 11) is -3.33. The van der Waals surface area contributed by atoms with Crippen LogP contribution in [0.3, 0.4) is 0 Å². The molecular formula is C13H19Cl2NO2S. The second-order valence-corrected chi connectivity index (χ2v) is 7.14. The Bertz CT molecular complexity index is 459. The summed E-state index contributed by atoms with van der Waals surface area (Å²) in [5.41, 5.74) is 1.02. The average molecular weight is 324 g/mol. The van der Waals surface area contributed by atoms with Gasteiger partial charge in [0.2, 0.25) is 10.0 Å². The van der Waals surface area contributed by atoms with E-state index in [4.69, 9.17) is 23.2 Å². The molecule has 0 heterocycles. The predicted octanol–water partition coefficient (Wildman–Crippen LogP) is 2.90. The predicted molar refractivity (Wildman–Crippen MR) is 81.7 cm³/mol. The monoisotopic (exact) mass is 323 g/mol. The quantitative estimate of drug-likeness (QED) is 0.690. The van der Waals surface area contributed by atoms with Gasteiger partial charge in [-0.15, -0.1) is 23.2 Å². The lowest BCUT2D eigenvalue weighted by Gasteiger charge is -2.22. The maximum atomic E-state index is 12.3. The molecule has 19 heavy (non-hydrogen) atoms. The van der Waals surface area contributed by atoms with Gasteiger partial charge in [-0.1, -0.05) is 37.3 Å². The smallest absolute Gasteiger partial charge is 0.212 e. The Balaban J connectivity index is 2.77. The van der Waals surface area contributed by atoms with Crippen LogP contribution in [-0.2, 0) is 10.0 Å². The summed E-state index contributed by atoms with van der Waals surface area (Å²) in [6, 6.07) is 9.61. The van der Waals surface area contributed by atoms with Gasteiger partial charge in [0.15, 0.2) is 0 Å². The molecule has 0 aliphatic carbocycles. The first-order chi connectivity index (χ1) is 9.01. The number of halogens is 2. The molecule has 0 radical (unpaired) electrons. The number of hydrogen-bond donors (Lipinski definition) is 0. The molecule has 0 aromatic heterocycles.